The Balaban J connectivity index is 2.10. The molecule has 8 nitrogen and oxygen atoms in total. The number of benzene rings is 1. The van der Waals surface area contributed by atoms with Crippen LogP contribution in [-0.2, 0) is 16.2 Å². The van der Waals surface area contributed by atoms with Gasteiger partial charge in [-0.25, -0.2) is 9.78 Å². The smallest absolute Gasteiger partial charge is 0.410 e. The quantitative estimate of drug-likeness (QED) is 0.553. The van der Waals surface area contributed by atoms with Gasteiger partial charge in [-0.3, -0.25) is 10.1 Å². The Morgan fingerprint density at radius 2 is 1.92 bits per heavy atom. The number of carboxylic acid groups (broad SMARTS) is 1. The van der Waals surface area contributed by atoms with E-state index < -0.39 is 6.09 Å². The second-order valence-corrected chi connectivity index (χ2v) is 4.60. The molecule has 0 unspecified atom stereocenters. The molecule has 0 radical (unpaired) electrons. The number of aromatic nitrogens is 1. The minimum atomic E-state index is -1.20. The molecule has 0 fully saturated rings. The van der Waals surface area contributed by atoms with Gasteiger partial charge >= 0.3 is 6.09 Å². The first-order valence-electron chi connectivity index (χ1n) is 7.03. The minimum Gasteiger partial charge on any atom is -0.465 e. The molecule has 2 rings (SSSR count). The summed E-state index contributed by atoms with van der Waals surface area (Å²) in [6.07, 6.45) is -1.20. The molecule has 0 saturated carbocycles. The van der Waals surface area contributed by atoms with E-state index in [9.17, 15) is 9.59 Å². The van der Waals surface area contributed by atoms with Gasteiger partial charge in [-0.1, -0.05) is 41.6 Å². The summed E-state index contributed by atoms with van der Waals surface area (Å²) < 4.78 is 0. The highest BCUT2D eigenvalue weighted by molar-refractivity contribution is 6.45. The maximum Gasteiger partial charge on any atom is 0.410 e. The second kappa shape index (κ2) is 8.28. The fourth-order valence-electron chi connectivity index (χ4n) is 1.84. The van der Waals surface area contributed by atoms with E-state index >= 15 is 0 Å². The molecule has 0 bridgehead atoms. The molecule has 1 heterocycles. The van der Waals surface area contributed by atoms with Crippen molar-refractivity contribution in [3.8, 4) is 0 Å². The van der Waals surface area contributed by atoms with Crippen molar-refractivity contribution in [3.63, 3.8) is 0 Å². The van der Waals surface area contributed by atoms with Gasteiger partial charge in [0.1, 0.15) is 5.82 Å². The van der Waals surface area contributed by atoms with E-state index in [1.807, 2.05) is 6.07 Å². The van der Waals surface area contributed by atoms with E-state index in [-0.39, 0.29) is 24.0 Å². The van der Waals surface area contributed by atoms with Crippen molar-refractivity contribution in [2.24, 2.45) is 5.16 Å². The highest BCUT2D eigenvalue weighted by Crippen LogP contribution is 2.07. The lowest BCUT2D eigenvalue weighted by atomic mass is 10.1. The Kier molecular flexibility index (Phi) is 5.84. The Hall–Kier alpha value is -3.42. The average Bonchev–Trinajstić information content (AvgIpc) is 2.58. The number of hydrogen-bond acceptors (Lipinski definition) is 5. The highest BCUT2D eigenvalue weighted by atomic mass is 16.6. The van der Waals surface area contributed by atoms with Crippen molar-refractivity contribution in [2.75, 3.05) is 12.4 Å². The number of rotatable bonds is 6. The van der Waals surface area contributed by atoms with Gasteiger partial charge in [0.2, 0.25) is 0 Å². The molecular weight excluding hydrogens is 312 g/mol. The third kappa shape index (κ3) is 4.80. The number of carbonyl (C=O) groups is 2. The molecular formula is C16H16N4O4. The summed E-state index contributed by atoms with van der Waals surface area (Å²) in [6.45, 7) is -0.0114. The highest BCUT2D eigenvalue weighted by Gasteiger charge is 2.13. The standard InChI is InChI=1S/C16H16N4O4/c1-17-15(21)14(11-6-3-2-4-7-11)20-24-10-12-8-5-9-13(18-12)19-16(22)23/h2-9H,10H2,1H3,(H,17,21)(H,18,19)(H,22,23). The Bertz CT molecular complexity index is 747. The molecule has 24 heavy (non-hydrogen) atoms. The lowest BCUT2D eigenvalue weighted by molar-refractivity contribution is -0.114. The Morgan fingerprint density at radius 3 is 2.58 bits per heavy atom. The SMILES string of the molecule is CNC(=O)C(=NOCc1cccc(NC(=O)O)n1)c1ccccc1. The van der Waals surface area contributed by atoms with E-state index in [2.05, 4.69) is 20.8 Å². The first-order valence-corrected chi connectivity index (χ1v) is 7.03. The van der Waals surface area contributed by atoms with Crippen LogP contribution in [0.4, 0.5) is 10.6 Å². The van der Waals surface area contributed by atoms with Gasteiger partial charge in [-0.15, -0.1) is 0 Å². The van der Waals surface area contributed by atoms with E-state index in [1.165, 1.54) is 13.1 Å². The van der Waals surface area contributed by atoms with Gasteiger partial charge in [0.15, 0.2) is 12.3 Å². The number of anilines is 1. The summed E-state index contributed by atoms with van der Waals surface area (Å²) in [6, 6.07) is 13.7. The molecule has 2 aromatic rings. The third-order valence-corrected chi connectivity index (χ3v) is 2.90. The molecule has 3 N–H and O–H groups in total. The van der Waals surface area contributed by atoms with Crippen LogP contribution >= 0.6 is 0 Å². The number of hydrogen-bond donors (Lipinski definition) is 3. The molecule has 8 heteroatoms. The molecule has 1 aromatic carbocycles. The van der Waals surface area contributed by atoms with Crippen LogP contribution in [0.5, 0.6) is 0 Å². The number of nitrogens with zero attached hydrogens (tertiary/aromatic N) is 2. The van der Waals surface area contributed by atoms with Crippen molar-refractivity contribution >= 4 is 23.5 Å². The summed E-state index contributed by atoms with van der Waals surface area (Å²) in [4.78, 5) is 31.8. The zero-order valence-electron chi connectivity index (χ0n) is 12.9. The fraction of sp³-hybridized carbons (Fsp3) is 0.125. The molecule has 124 valence electrons. The number of pyridine rings is 1. The van der Waals surface area contributed by atoms with Gasteiger partial charge in [0.25, 0.3) is 5.91 Å². The van der Waals surface area contributed by atoms with Gasteiger partial charge in [-0.05, 0) is 12.1 Å². The summed E-state index contributed by atoms with van der Waals surface area (Å²) in [5.41, 5.74) is 1.22. The largest absolute Gasteiger partial charge is 0.465 e. The van der Waals surface area contributed by atoms with E-state index in [0.29, 0.717) is 11.3 Å². The molecule has 0 saturated heterocycles. The van der Waals surface area contributed by atoms with E-state index in [1.54, 1.807) is 36.4 Å². The maximum atomic E-state index is 11.9. The zero-order valence-corrected chi connectivity index (χ0v) is 12.9. The maximum absolute atomic E-state index is 11.9. The van der Waals surface area contributed by atoms with Crippen LogP contribution in [0.15, 0.2) is 53.7 Å². The summed E-state index contributed by atoms with van der Waals surface area (Å²) in [5.74, 6) is -0.197. The first kappa shape index (κ1) is 16.9. The lowest BCUT2D eigenvalue weighted by Crippen LogP contribution is -2.28. The number of carbonyl (C=O) groups excluding carboxylic acids is 1. The van der Waals surface area contributed by atoms with Crippen LogP contribution < -0.4 is 10.6 Å². The number of nitrogens with one attached hydrogen (secondary N) is 2. The van der Waals surface area contributed by atoms with Gasteiger partial charge in [0, 0.05) is 12.6 Å². The predicted molar refractivity (Wildman–Crippen MR) is 87.7 cm³/mol. The zero-order chi connectivity index (χ0) is 17.4. The summed E-state index contributed by atoms with van der Waals surface area (Å²) >= 11 is 0. The molecule has 1 aromatic heterocycles. The van der Waals surface area contributed by atoms with Crippen LogP contribution in [0.3, 0.4) is 0 Å². The average molecular weight is 328 g/mol. The van der Waals surface area contributed by atoms with Crippen LogP contribution in [0, 0.1) is 0 Å². The number of amides is 2. The predicted octanol–water partition coefficient (Wildman–Crippen LogP) is 1.84. The van der Waals surface area contributed by atoms with E-state index in [0.717, 1.165) is 0 Å². The van der Waals surface area contributed by atoms with Gasteiger partial charge in [-0.2, -0.15) is 0 Å². The number of likely N-dealkylation sites (N-methyl/N-ethyl adjacent to an activating group) is 1. The van der Waals surface area contributed by atoms with Crippen molar-refractivity contribution in [2.45, 2.75) is 6.61 Å². The molecule has 0 aliphatic rings. The number of oxime groups is 1. The van der Waals surface area contributed by atoms with Gasteiger partial charge < -0.3 is 15.3 Å². The van der Waals surface area contributed by atoms with Crippen LogP contribution in [-0.4, -0.2) is 34.9 Å². The third-order valence-electron chi connectivity index (χ3n) is 2.90. The monoisotopic (exact) mass is 328 g/mol. The molecule has 2 amide bonds. The molecule has 0 spiro atoms. The van der Waals surface area contributed by atoms with Gasteiger partial charge in [0.05, 0.1) is 5.69 Å². The summed E-state index contributed by atoms with van der Waals surface area (Å²) in [7, 11) is 1.50. The Labute approximate surface area is 138 Å². The minimum absolute atomic E-state index is 0.0114. The normalized spacial score (nSPS) is 10.8. The lowest BCUT2D eigenvalue weighted by Gasteiger charge is -2.06. The topological polar surface area (TPSA) is 113 Å². The van der Waals surface area contributed by atoms with Crippen LogP contribution in [0.25, 0.3) is 0 Å². The second-order valence-electron chi connectivity index (χ2n) is 4.60. The van der Waals surface area contributed by atoms with E-state index in [4.69, 9.17) is 9.94 Å². The van der Waals surface area contributed by atoms with Crippen molar-refractivity contribution in [1.29, 1.82) is 0 Å². The summed E-state index contributed by atoms with van der Waals surface area (Å²) in [5, 5.41) is 17.2. The fourth-order valence-corrected chi connectivity index (χ4v) is 1.84. The van der Waals surface area contributed by atoms with Crippen molar-refractivity contribution < 1.29 is 19.5 Å². The Morgan fingerprint density at radius 1 is 1.17 bits per heavy atom. The molecule has 0 aliphatic heterocycles. The van der Waals surface area contributed by atoms with Crippen LogP contribution in [0.1, 0.15) is 11.3 Å². The van der Waals surface area contributed by atoms with Crippen molar-refractivity contribution in [1.82, 2.24) is 10.3 Å². The first-order chi connectivity index (χ1) is 11.6. The molecule has 0 atom stereocenters. The van der Waals surface area contributed by atoms with Crippen LogP contribution in [0.2, 0.25) is 0 Å². The molecule has 0 aliphatic carbocycles. The van der Waals surface area contributed by atoms with Crippen molar-refractivity contribution in [3.05, 3.63) is 59.8 Å².